The van der Waals surface area contributed by atoms with E-state index in [-0.39, 0.29) is 5.54 Å². The number of carbonyl (C=O) groups is 1. The van der Waals surface area contributed by atoms with Gasteiger partial charge in [-0.25, -0.2) is 4.98 Å². The summed E-state index contributed by atoms with van der Waals surface area (Å²) in [6.07, 6.45) is 3.71. The first-order valence-corrected chi connectivity index (χ1v) is 6.39. The number of hydrogen-bond acceptors (Lipinski definition) is 5. The summed E-state index contributed by atoms with van der Waals surface area (Å²) >= 11 is 0. The Morgan fingerprint density at radius 3 is 3.00 bits per heavy atom. The molecule has 104 valence electrons. The first-order valence-electron chi connectivity index (χ1n) is 6.39. The van der Waals surface area contributed by atoms with Crippen molar-refractivity contribution in [2.75, 3.05) is 32.1 Å². The normalized spacial score (nSPS) is 22.4. The Kier molecular flexibility index (Phi) is 4.34. The molecule has 2 heterocycles. The van der Waals surface area contributed by atoms with Gasteiger partial charge in [-0.15, -0.1) is 0 Å². The lowest BCUT2D eigenvalue weighted by Crippen LogP contribution is -2.49. The Labute approximate surface area is 112 Å². The third-order valence-electron chi connectivity index (χ3n) is 3.41. The highest BCUT2D eigenvalue weighted by atomic mass is 16.5. The van der Waals surface area contributed by atoms with Crippen LogP contribution in [-0.4, -0.2) is 43.2 Å². The van der Waals surface area contributed by atoms with Crippen LogP contribution in [0.3, 0.4) is 0 Å². The lowest BCUT2D eigenvalue weighted by Gasteiger charge is -2.29. The van der Waals surface area contributed by atoms with Crippen molar-refractivity contribution in [2.24, 2.45) is 5.73 Å². The number of rotatable bonds is 6. The molecule has 1 aromatic rings. The molecule has 19 heavy (non-hydrogen) atoms. The van der Waals surface area contributed by atoms with Crippen LogP contribution < -0.4 is 16.4 Å². The molecule has 6 nitrogen and oxygen atoms in total. The fraction of sp³-hybridized carbons (Fsp3) is 0.538. The van der Waals surface area contributed by atoms with E-state index in [2.05, 4.69) is 15.6 Å². The Morgan fingerprint density at radius 2 is 2.47 bits per heavy atom. The monoisotopic (exact) mass is 264 g/mol. The Balaban J connectivity index is 1.95. The fourth-order valence-corrected chi connectivity index (χ4v) is 2.37. The number of amides is 1. The van der Waals surface area contributed by atoms with Gasteiger partial charge in [0.25, 0.3) is 0 Å². The molecule has 0 aromatic carbocycles. The molecule has 1 aliphatic rings. The smallest absolute Gasteiger partial charge is 0.250 e. The predicted molar refractivity (Wildman–Crippen MR) is 73.1 cm³/mol. The van der Waals surface area contributed by atoms with Gasteiger partial charge in [-0.2, -0.15) is 0 Å². The number of pyridine rings is 1. The lowest BCUT2D eigenvalue weighted by atomic mass is 9.99. The van der Waals surface area contributed by atoms with Crippen molar-refractivity contribution in [1.82, 2.24) is 10.3 Å². The fourth-order valence-electron chi connectivity index (χ4n) is 2.37. The molecule has 1 aliphatic heterocycles. The molecule has 2 rings (SSSR count). The molecule has 1 amide bonds. The Morgan fingerprint density at radius 1 is 1.63 bits per heavy atom. The van der Waals surface area contributed by atoms with E-state index in [1.165, 1.54) is 6.20 Å². The van der Waals surface area contributed by atoms with Crippen LogP contribution in [0.25, 0.3) is 0 Å². The van der Waals surface area contributed by atoms with Crippen molar-refractivity contribution in [1.29, 1.82) is 0 Å². The summed E-state index contributed by atoms with van der Waals surface area (Å²) in [4.78, 5) is 15.1. The molecule has 1 atom stereocenters. The number of aromatic nitrogens is 1. The zero-order chi connectivity index (χ0) is 13.7. The molecular formula is C13H20N4O2. The summed E-state index contributed by atoms with van der Waals surface area (Å²) in [5.41, 5.74) is 5.56. The third-order valence-corrected chi connectivity index (χ3v) is 3.41. The highest BCUT2D eigenvalue weighted by molar-refractivity contribution is 5.92. The van der Waals surface area contributed by atoms with Gasteiger partial charge in [0.2, 0.25) is 5.91 Å². The minimum atomic E-state index is -0.465. The maximum Gasteiger partial charge on any atom is 0.250 e. The third kappa shape index (κ3) is 3.42. The molecule has 0 aliphatic carbocycles. The standard InChI is InChI=1S/C13H20N4O2/c1-19-9-13(5-2-6-17-13)8-16-11-4-3-10(7-15-11)12(14)18/h3-4,7,17H,2,5-6,8-9H2,1H3,(H2,14,18)(H,15,16). The van der Waals surface area contributed by atoms with E-state index in [0.717, 1.165) is 31.7 Å². The SMILES string of the molecule is COCC1(CNc2ccc(C(N)=O)cn2)CCCN1. The van der Waals surface area contributed by atoms with Crippen LogP contribution in [0.15, 0.2) is 18.3 Å². The van der Waals surface area contributed by atoms with E-state index in [1.54, 1.807) is 19.2 Å². The quantitative estimate of drug-likeness (QED) is 0.690. The number of ether oxygens (including phenoxy) is 1. The molecule has 0 radical (unpaired) electrons. The van der Waals surface area contributed by atoms with E-state index < -0.39 is 5.91 Å². The maximum absolute atomic E-state index is 11.0. The van der Waals surface area contributed by atoms with Crippen molar-refractivity contribution in [3.05, 3.63) is 23.9 Å². The molecule has 0 spiro atoms. The summed E-state index contributed by atoms with van der Waals surface area (Å²) in [7, 11) is 1.71. The largest absolute Gasteiger partial charge is 0.383 e. The molecule has 4 N–H and O–H groups in total. The zero-order valence-electron chi connectivity index (χ0n) is 11.1. The van der Waals surface area contributed by atoms with Gasteiger partial charge in [0, 0.05) is 19.9 Å². The molecule has 1 unspecified atom stereocenters. The summed E-state index contributed by atoms with van der Waals surface area (Å²) in [6.45, 7) is 2.42. The van der Waals surface area contributed by atoms with Gasteiger partial charge in [0.1, 0.15) is 5.82 Å². The molecule has 0 saturated carbocycles. The van der Waals surface area contributed by atoms with Crippen molar-refractivity contribution in [3.8, 4) is 0 Å². The lowest BCUT2D eigenvalue weighted by molar-refractivity contribution is 0.1000. The van der Waals surface area contributed by atoms with Crippen molar-refractivity contribution >= 4 is 11.7 Å². The van der Waals surface area contributed by atoms with Crippen molar-refractivity contribution in [3.63, 3.8) is 0 Å². The molecule has 6 heteroatoms. The summed E-state index contributed by atoms with van der Waals surface area (Å²) < 4.78 is 5.28. The van der Waals surface area contributed by atoms with E-state index >= 15 is 0 Å². The van der Waals surface area contributed by atoms with Crippen LogP contribution in [0.1, 0.15) is 23.2 Å². The van der Waals surface area contributed by atoms with Gasteiger partial charge in [0.05, 0.1) is 17.7 Å². The van der Waals surface area contributed by atoms with Gasteiger partial charge in [-0.05, 0) is 31.5 Å². The van der Waals surface area contributed by atoms with Crippen LogP contribution in [0.2, 0.25) is 0 Å². The molecule has 1 saturated heterocycles. The number of nitrogens with two attached hydrogens (primary N) is 1. The predicted octanol–water partition coefficient (Wildman–Crippen LogP) is 0.361. The van der Waals surface area contributed by atoms with Gasteiger partial charge in [-0.3, -0.25) is 4.79 Å². The van der Waals surface area contributed by atoms with Gasteiger partial charge in [0.15, 0.2) is 0 Å². The number of methoxy groups -OCH3 is 1. The average molecular weight is 264 g/mol. The highest BCUT2D eigenvalue weighted by Gasteiger charge is 2.33. The topological polar surface area (TPSA) is 89.3 Å². The molecular weight excluding hydrogens is 244 g/mol. The van der Waals surface area contributed by atoms with Gasteiger partial charge >= 0.3 is 0 Å². The molecule has 1 fully saturated rings. The van der Waals surface area contributed by atoms with Crippen LogP contribution in [0.5, 0.6) is 0 Å². The minimum Gasteiger partial charge on any atom is -0.383 e. The van der Waals surface area contributed by atoms with E-state index in [0.29, 0.717) is 12.2 Å². The van der Waals surface area contributed by atoms with Gasteiger partial charge < -0.3 is 21.1 Å². The highest BCUT2D eigenvalue weighted by Crippen LogP contribution is 2.20. The Bertz CT molecular complexity index is 427. The first kappa shape index (κ1) is 13.8. The average Bonchev–Trinajstić information content (AvgIpc) is 2.86. The van der Waals surface area contributed by atoms with Crippen LogP contribution in [0, 0.1) is 0 Å². The second-order valence-electron chi connectivity index (χ2n) is 4.89. The van der Waals surface area contributed by atoms with Crippen LogP contribution >= 0.6 is 0 Å². The molecule has 0 bridgehead atoms. The van der Waals surface area contributed by atoms with Gasteiger partial charge in [-0.1, -0.05) is 0 Å². The van der Waals surface area contributed by atoms with E-state index in [1.807, 2.05) is 0 Å². The summed E-state index contributed by atoms with van der Waals surface area (Å²) in [5.74, 6) is 0.265. The number of primary amides is 1. The minimum absolute atomic E-state index is 0.0290. The Hall–Kier alpha value is -1.66. The number of nitrogens with one attached hydrogen (secondary N) is 2. The number of anilines is 1. The maximum atomic E-state index is 11.0. The zero-order valence-corrected chi connectivity index (χ0v) is 11.1. The molecule has 1 aromatic heterocycles. The number of hydrogen-bond donors (Lipinski definition) is 3. The number of nitrogens with zero attached hydrogens (tertiary/aromatic N) is 1. The van der Waals surface area contributed by atoms with Crippen molar-refractivity contribution < 1.29 is 9.53 Å². The summed E-state index contributed by atoms with van der Waals surface area (Å²) in [5, 5.41) is 6.75. The first-order chi connectivity index (χ1) is 9.15. The number of carbonyl (C=O) groups excluding carboxylic acids is 1. The van der Waals surface area contributed by atoms with Crippen molar-refractivity contribution in [2.45, 2.75) is 18.4 Å². The van der Waals surface area contributed by atoms with E-state index in [4.69, 9.17) is 10.5 Å². The van der Waals surface area contributed by atoms with Crippen LogP contribution in [-0.2, 0) is 4.74 Å². The van der Waals surface area contributed by atoms with Crippen LogP contribution in [0.4, 0.5) is 5.82 Å². The second kappa shape index (κ2) is 5.99. The van der Waals surface area contributed by atoms with E-state index in [9.17, 15) is 4.79 Å². The summed E-state index contributed by atoms with van der Waals surface area (Å²) in [6, 6.07) is 3.43. The second-order valence-corrected chi connectivity index (χ2v) is 4.89.